The minimum atomic E-state index is -3.66. The Morgan fingerprint density at radius 1 is 1.24 bits per heavy atom. The summed E-state index contributed by atoms with van der Waals surface area (Å²) in [7, 11) is -3.66. The molecule has 2 N–H and O–H groups in total. The number of aryl methyl sites for hydroxylation is 1. The molecule has 180 valence electrons. The highest BCUT2D eigenvalue weighted by Gasteiger charge is 2.28. The molecule has 0 amide bonds. The van der Waals surface area contributed by atoms with E-state index < -0.39 is 16.0 Å². The number of carbonyl (C=O) groups is 1. The summed E-state index contributed by atoms with van der Waals surface area (Å²) in [4.78, 5) is 17.0. The van der Waals surface area contributed by atoms with Crippen LogP contribution in [0.15, 0.2) is 53.4 Å². The van der Waals surface area contributed by atoms with Gasteiger partial charge < -0.3 is 9.84 Å². The number of benzene rings is 1. The van der Waals surface area contributed by atoms with Gasteiger partial charge in [-0.1, -0.05) is 29.8 Å². The van der Waals surface area contributed by atoms with Crippen LogP contribution in [0.1, 0.15) is 36.9 Å². The Bertz CT molecular complexity index is 1280. The van der Waals surface area contributed by atoms with E-state index in [-0.39, 0.29) is 23.5 Å². The van der Waals surface area contributed by atoms with Gasteiger partial charge in [-0.25, -0.2) is 18.1 Å². The zero-order valence-corrected chi connectivity index (χ0v) is 20.9. The summed E-state index contributed by atoms with van der Waals surface area (Å²) in [5, 5.41) is 9.31. The van der Waals surface area contributed by atoms with Crippen LogP contribution in [0.3, 0.4) is 0 Å². The average Bonchev–Trinajstić information content (AvgIpc) is 3.20. The smallest absolute Gasteiger partial charge is 0.306 e. The second kappa shape index (κ2) is 10.4. The number of nitrogens with one attached hydrogen (secondary N) is 1. The molecule has 0 aliphatic heterocycles. The number of aliphatic carboxylic acids is 1. The molecular weight excluding hydrogens is 496 g/mol. The molecule has 0 radical (unpaired) electrons. The fourth-order valence-electron chi connectivity index (χ4n) is 4.05. The molecule has 0 spiro atoms. The third kappa shape index (κ3) is 5.78. The summed E-state index contributed by atoms with van der Waals surface area (Å²) < 4.78 is 34.5. The van der Waals surface area contributed by atoms with Gasteiger partial charge in [0.05, 0.1) is 37.5 Å². The van der Waals surface area contributed by atoms with Gasteiger partial charge in [-0.3, -0.25) is 4.79 Å². The Hall–Kier alpha value is -2.46. The maximum Gasteiger partial charge on any atom is 0.306 e. The van der Waals surface area contributed by atoms with Crippen LogP contribution in [-0.4, -0.2) is 30.6 Å². The number of hydrogen-bond acceptors (Lipinski definition) is 6. The van der Waals surface area contributed by atoms with Crippen LogP contribution >= 0.6 is 22.9 Å². The van der Waals surface area contributed by atoms with E-state index in [2.05, 4.69) is 9.71 Å². The third-order valence-electron chi connectivity index (χ3n) is 5.82. The summed E-state index contributed by atoms with van der Waals surface area (Å²) in [6, 6.07) is 13.6. The maximum absolute atomic E-state index is 12.6. The van der Waals surface area contributed by atoms with Crippen LogP contribution in [0, 0.1) is 12.8 Å². The van der Waals surface area contributed by atoms with Crippen LogP contribution in [0.5, 0.6) is 5.75 Å². The predicted octanol–water partition coefficient (Wildman–Crippen LogP) is 5.27. The Morgan fingerprint density at radius 2 is 2.00 bits per heavy atom. The van der Waals surface area contributed by atoms with Gasteiger partial charge in [0.25, 0.3) is 0 Å². The lowest BCUT2D eigenvalue weighted by molar-refractivity contribution is -0.143. The van der Waals surface area contributed by atoms with Crippen LogP contribution in [-0.2, 0) is 21.4 Å². The van der Waals surface area contributed by atoms with Crippen molar-refractivity contribution in [3.63, 3.8) is 0 Å². The van der Waals surface area contributed by atoms with E-state index in [0.717, 1.165) is 23.3 Å². The molecule has 1 saturated carbocycles. The maximum atomic E-state index is 12.6. The Labute approximate surface area is 207 Å². The predicted molar refractivity (Wildman–Crippen MR) is 132 cm³/mol. The van der Waals surface area contributed by atoms with Gasteiger partial charge in [-0.15, -0.1) is 11.3 Å². The largest absolute Gasteiger partial charge is 0.489 e. The van der Waals surface area contributed by atoms with Gasteiger partial charge in [0.1, 0.15) is 5.75 Å². The number of carboxylic acid groups (broad SMARTS) is 1. The van der Waals surface area contributed by atoms with E-state index in [0.29, 0.717) is 34.3 Å². The van der Waals surface area contributed by atoms with Gasteiger partial charge in [0.2, 0.25) is 10.0 Å². The molecule has 1 aliphatic rings. The summed E-state index contributed by atoms with van der Waals surface area (Å²) in [6.45, 7) is 1.91. The zero-order chi connectivity index (χ0) is 24.3. The molecule has 10 heteroatoms. The Kier molecular flexibility index (Phi) is 7.57. The number of ether oxygens (including phenoxy) is 1. The minimum absolute atomic E-state index is 0.0768. The van der Waals surface area contributed by atoms with Gasteiger partial charge >= 0.3 is 5.97 Å². The van der Waals surface area contributed by atoms with Crippen LogP contribution < -0.4 is 9.46 Å². The summed E-state index contributed by atoms with van der Waals surface area (Å²) >= 11 is 7.59. The van der Waals surface area contributed by atoms with E-state index in [1.807, 2.05) is 19.1 Å². The normalized spacial score (nSPS) is 18.5. The molecule has 4 rings (SSSR count). The highest BCUT2D eigenvalue weighted by molar-refractivity contribution is 7.89. The van der Waals surface area contributed by atoms with Crippen molar-refractivity contribution in [3.05, 3.63) is 64.1 Å². The summed E-state index contributed by atoms with van der Waals surface area (Å²) in [5.74, 6) is -0.529. The molecule has 3 aromatic rings. The molecule has 1 aromatic carbocycles. The van der Waals surface area contributed by atoms with E-state index >= 15 is 0 Å². The van der Waals surface area contributed by atoms with E-state index in [9.17, 15) is 18.3 Å². The van der Waals surface area contributed by atoms with Crippen molar-refractivity contribution in [3.8, 4) is 16.3 Å². The molecule has 2 heterocycles. The lowest BCUT2D eigenvalue weighted by Gasteiger charge is -2.27. The molecule has 0 bridgehead atoms. The number of hydrogen-bond donors (Lipinski definition) is 2. The second-order valence-electron chi connectivity index (χ2n) is 8.26. The standard InChI is InChI=1S/C24H25ClN2O5S2/c1-15-21(32-18-7-5-6-16(12-18)24(28)29)11-10-20(27-15)23-17(13-22(25)33-23)14-26-34(30,31)19-8-3-2-4-9-19/h2-4,8-11,13,16,18,26H,5-7,12,14H2,1H3,(H,28,29)/t16-,18-/m0/s1. The highest BCUT2D eigenvalue weighted by atomic mass is 35.5. The first kappa shape index (κ1) is 24.7. The zero-order valence-electron chi connectivity index (χ0n) is 18.5. The molecule has 0 unspecified atom stereocenters. The van der Waals surface area contributed by atoms with Crippen molar-refractivity contribution in [2.24, 2.45) is 5.92 Å². The monoisotopic (exact) mass is 520 g/mol. The van der Waals surface area contributed by atoms with Crippen LogP contribution in [0.25, 0.3) is 10.6 Å². The van der Waals surface area contributed by atoms with Crippen molar-refractivity contribution in [2.45, 2.75) is 50.2 Å². The second-order valence-corrected chi connectivity index (χ2v) is 11.7. The number of halogens is 1. The van der Waals surface area contributed by atoms with Crippen molar-refractivity contribution in [2.75, 3.05) is 0 Å². The first-order valence-electron chi connectivity index (χ1n) is 10.9. The van der Waals surface area contributed by atoms with Gasteiger partial charge in [-0.2, -0.15) is 0 Å². The molecule has 1 fully saturated rings. The first-order valence-corrected chi connectivity index (χ1v) is 13.6. The minimum Gasteiger partial charge on any atom is -0.489 e. The quantitative estimate of drug-likeness (QED) is 0.419. The molecule has 7 nitrogen and oxygen atoms in total. The highest BCUT2D eigenvalue weighted by Crippen LogP contribution is 2.36. The SMILES string of the molecule is Cc1nc(-c2sc(Cl)cc2CNS(=O)(=O)c2ccccc2)ccc1O[C@H]1CCC[C@H](C(=O)O)C1. The number of carboxylic acids is 1. The molecule has 2 aromatic heterocycles. The van der Waals surface area contributed by atoms with E-state index in [4.69, 9.17) is 16.3 Å². The lowest BCUT2D eigenvalue weighted by atomic mass is 9.87. The van der Waals surface area contributed by atoms with Crippen molar-refractivity contribution >= 4 is 38.9 Å². The molecule has 0 saturated heterocycles. The fourth-order valence-corrected chi connectivity index (χ4v) is 6.32. The molecule has 34 heavy (non-hydrogen) atoms. The van der Waals surface area contributed by atoms with E-state index in [1.54, 1.807) is 36.4 Å². The summed E-state index contributed by atoms with van der Waals surface area (Å²) in [6.07, 6.45) is 2.66. The number of nitrogens with zero attached hydrogens (tertiary/aromatic N) is 1. The number of sulfonamides is 1. The fraction of sp³-hybridized carbons (Fsp3) is 0.333. The van der Waals surface area contributed by atoms with Crippen molar-refractivity contribution < 1.29 is 23.1 Å². The number of rotatable bonds is 8. The van der Waals surface area contributed by atoms with Crippen LogP contribution in [0.4, 0.5) is 0 Å². The first-order chi connectivity index (χ1) is 16.2. The molecule has 2 atom stereocenters. The van der Waals surface area contributed by atoms with Gasteiger partial charge in [-0.05, 0) is 68.5 Å². The topological polar surface area (TPSA) is 106 Å². The van der Waals surface area contributed by atoms with Gasteiger partial charge in [0, 0.05) is 6.54 Å². The third-order valence-corrected chi connectivity index (χ3v) is 8.57. The van der Waals surface area contributed by atoms with Crippen molar-refractivity contribution in [1.82, 2.24) is 9.71 Å². The van der Waals surface area contributed by atoms with Crippen molar-refractivity contribution in [1.29, 1.82) is 0 Å². The molecule has 1 aliphatic carbocycles. The number of aromatic nitrogens is 1. The Morgan fingerprint density at radius 3 is 2.71 bits per heavy atom. The van der Waals surface area contributed by atoms with Crippen LogP contribution in [0.2, 0.25) is 4.34 Å². The molecular formula is C24H25ClN2O5S2. The summed E-state index contributed by atoms with van der Waals surface area (Å²) in [5.41, 5.74) is 2.07. The Balaban J connectivity index is 1.50. The number of thiophene rings is 1. The average molecular weight is 521 g/mol. The lowest BCUT2D eigenvalue weighted by Crippen LogP contribution is -2.29. The van der Waals surface area contributed by atoms with Gasteiger partial charge in [0.15, 0.2) is 0 Å². The number of pyridine rings is 1. The van der Waals surface area contributed by atoms with E-state index in [1.165, 1.54) is 11.3 Å².